The molecule has 0 saturated carbocycles. The van der Waals surface area contributed by atoms with Gasteiger partial charge in [-0.25, -0.2) is 19.9 Å². The van der Waals surface area contributed by atoms with Gasteiger partial charge >= 0.3 is 6.18 Å². The van der Waals surface area contributed by atoms with Gasteiger partial charge in [0.25, 0.3) is 0 Å². The molecule has 29 heavy (non-hydrogen) atoms. The number of thiocarbonyl (C=S) groups is 1. The van der Waals surface area contributed by atoms with Crippen molar-refractivity contribution in [3.8, 4) is 0 Å². The molecule has 0 saturated heterocycles. The van der Waals surface area contributed by atoms with Crippen molar-refractivity contribution >= 4 is 46.6 Å². The molecule has 2 N–H and O–H groups in total. The van der Waals surface area contributed by atoms with E-state index in [2.05, 4.69) is 30.6 Å². The maximum atomic E-state index is 13.2. The summed E-state index contributed by atoms with van der Waals surface area (Å²) in [5.41, 5.74) is -0.330. The van der Waals surface area contributed by atoms with Gasteiger partial charge in [0.2, 0.25) is 5.95 Å². The van der Waals surface area contributed by atoms with E-state index in [0.29, 0.717) is 5.02 Å². The van der Waals surface area contributed by atoms with E-state index in [1.807, 2.05) is 6.07 Å². The summed E-state index contributed by atoms with van der Waals surface area (Å²) in [7, 11) is 0. The van der Waals surface area contributed by atoms with Crippen LogP contribution in [0.25, 0.3) is 0 Å². The first kappa shape index (κ1) is 21.2. The zero-order chi connectivity index (χ0) is 20.9. The molecule has 0 amide bonds. The largest absolute Gasteiger partial charge is 0.433 e. The van der Waals surface area contributed by atoms with E-state index >= 15 is 0 Å². The molecule has 3 rings (SSSR count). The molecule has 6 nitrogen and oxygen atoms in total. The Hall–Kier alpha value is -2.50. The van der Waals surface area contributed by atoms with Crippen molar-refractivity contribution in [2.24, 2.45) is 0 Å². The minimum atomic E-state index is -4.65. The van der Waals surface area contributed by atoms with Crippen LogP contribution in [0.1, 0.15) is 11.3 Å². The number of hydrogen-bond donors (Lipinski definition) is 2. The highest BCUT2D eigenvalue weighted by atomic mass is 35.5. The summed E-state index contributed by atoms with van der Waals surface area (Å²) in [5, 5.41) is 6.30. The standard InChI is InChI=1S/C17H12ClF3N6S2/c18-11-5-2-1-4-10(11)9-24-15(28)27-14-25-12(17(19,20)21)8-13(26-14)29-16-22-6-3-7-23-16/h1-8H,9H2,(H2,24,25,26,27,28). The van der Waals surface area contributed by atoms with Crippen LogP contribution in [-0.2, 0) is 12.7 Å². The van der Waals surface area contributed by atoms with E-state index in [9.17, 15) is 13.2 Å². The molecule has 3 aromatic rings. The van der Waals surface area contributed by atoms with Crippen molar-refractivity contribution in [2.45, 2.75) is 22.9 Å². The number of aromatic nitrogens is 4. The summed E-state index contributed by atoms with van der Waals surface area (Å²) >= 11 is 12.1. The Balaban J connectivity index is 1.75. The second-order valence-electron chi connectivity index (χ2n) is 5.45. The summed E-state index contributed by atoms with van der Waals surface area (Å²) in [5.74, 6) is -0.296. The molecule has 2 heterocycles. The Morgan fingerprint density at radius 1 is 1.10 bits per heavy atom. The first-order chi connectivity index (χ1) is 13.8. The lowest BCUT2D eigenvalue weighted by Gasteiger charge is -2.13. The molecular weight excluding hydrogens is 445 g/mol. The SMILES string of the molecule is FC(F)(F)c1cc(Sc2ncccn2)nc(NC(=S)NCc2ccccc2Cl)n1. The average Bonchev–Trinajstić information content (AvgIpc) is 2.67. The normalized spacial score (nSPS) is 11.2. The molecule has 1 aromatic carbocycles. The Labute approximate surface area is 178 Å². The predicted molar refractivity (Wildman–Crippen MR) is 108 cm³/mol. The second kappa shape index (κ2) is 9.33. The van der Waals surface area contributed by atoms with Crippen LogP contribution in [0.4, 0.5) is 19.1 Å². The van der Waals surface area contributed by atoms with Crippen molar-refractivity contribution in [2.75, 3.05) is 5.32 Å². The molecule has 0 aliphatic carbocycles. The van der Waals surface area contributed by atoms with Crippen LogP contribution in [0.2, 0.25) is 5.02 Å². The Bertz CT molecular complexity index is 1000. The van der Waals surface area contributed by atoms with Gasteiger partial charge in [0.15, 0.2) is 16.0 Å². The molecule has 0 atom stereocenters. The fourth-order valence-corrected chi connectivity index (χ4v) is 3.16. The van der Waals surface area contributed by atoms with Crippen LogP contribution < -0.4 is 10.6 Å². The van der Waals surface area contributed by atoms with Crippen LogP contribution in [0.15, 0.2) is 59.0 Å². The van der Waals surface area contributed by atoms with E-state index in [4.69, 9.17) is 23.8 Å². The van der Waals surface area contributed by atoms with Crippen molar-refractivity contribution in [1.29, 1.82) is 0 Å². The Kier molecular flexibility index (Phi) is 6.83. The van der Waals surface area contributed by atoms with E-state index in [1.54, 1.807) is 24.3 Å². The lowest BCUT2D eigenvalue weighted by Crippen LogP contribution is -2.29. The fourth-order valence-electron chi connectivity index (χ4n) is 2.07. The van der Waals surface area contributed by atoms with E-state index in [1.165, 1.54) is 12.4 Å². The third-order valence-electron chi connectivity index (χ3n) is 3.35. The molecule has 12 heteroatoms. The Morgan fingerprint density at radius 3 is 2.52 bits per heavy atom. The number of rotatable bonds is 5. The minimum absolute atomic E-state index is 0.0231. The highest BCUT2D eigenvalue weighted by Gasteiger charge is 2.34. The number of anilines is 1. The zero-order valence-electron chi connectivity index (χ0n) is 14.4. The van der Waals surface area contributed by atoms with Gasteiger partial charge in [-0.15, -0.1) is 0 Å². The minimum Gasteiger partial charge on any atom is -0.358 e. The van der Waals surface area contributed by atoms with E-state index < -0.39 is 11.9 Å². The fraction of sp³-hybridized carbons (Fsp3) is 0.118. The van der Waals surface area contributed by atoms with Gasteiger partial charge in [-0.2, -0.15) is 13.2 Å². The van der Waals surface area contributed by atoms with Crippen LogP contribution >= 0.6 is 35.6 Å². The molecule has 0 unspecified atom stereocenters. The van der Waals surface area contributed by atoms with Gasteiger partial charge in [-0.3, -0.25) is 0 Å². The summed E-state index contributed by atoms with van der Waals surface area (Å²) in [6, 6.07) is 9.54. The summed E-state index contributed by atoms with van der Waals surface area (Å²) < 4.78 is 39.6. The first-order valence-corrected chi connectivity index (χ1v) is 9.61. The molecule has 0 spiro atoms. The summed E-state index contributed by atoms with van der Waals surface area (Å²) in [4.78, 5) is 15.5. The van der Waals surface area contributed by atoms with Gasteiger partial charge in [0.1, 0.15) is 5.03 Å². The molecule has 0 radical (unpaired) electrons. The van der Waals surface area contributed by atoms with Crippen molar-refractivity contribution < 1.29 is 13.2 Å². The topological polar surface area (TPSA) is 75.6 Å². The maximum absolute atomic E-state index is 13.2. The Morgan fingerprint density at radius 2 is 1.83 bits per heavy atom. The van der Waals surface area contributed by atoms with Crippen LogP contribution in [0, 0.1) is 0 Å². The smallest absolute Gasteiger partial charge is 0.358 e. The molecule has 2 aromatic heterocycles. The molecule has 150 valence electrons. The predicted octanol–water partition coefficient (Wildman–Crippen LogP) is 4.58. The lowest BCUT2D eigenvalue weighted by atomic mass is 10.2. The monoisotopic (exact) mass is 456 g/mol. The quantitative estimate of drug-likeness (QED) is 0.328. The number of nitrogens with one attached hydrogen (secondary N) is 2. The third kappa shape index (κ3) is 6.24. The highest BCUT2D eigenvalue weighted by molar-refractivity contribution is 7.99. The molecule has 0 fully saturated rings. The van der Waals surface area contributed by atoms with Crippen LogP contribution in [-0.4, -0.2) is 25.0 Å². The van der Waals surface area contributed by atoms with Gasteiger partial charge in [-0.1, -0.05) is 29.8 Å². The lowest BCUT2D eigenvalue weighted by molar-refractivity contribution is -0.141. The maximum Gasteiger partial charge on any atom is 0.433 e. The molecule has 0 aliphatic heterocycles. The number of alkyl halides is 3. The number of halogens is 4. The van der Waals surface area contributed by atoms with Gasteiger partial charge in [0.05, 0.1) is 0 Å². The van der Waals surface area contributed by atoms with Gasteiger partial charge < -0.3 is 10.6 Å². The second-order valence-corrected chi connectivity index (χ2v) is 7.25. The zero-order valence-corrected chi connectivity index (χ0v) is 16.8. The van der Waals surface area contributed by atoms with Crippen molar-refractivity contribution in [3.63, 3.8) is 0 Å². The average molecular weight is 457 g/mol. The van der Waals surface area contributed by atoms with Crippen LogP contribution in [0.5, 0.6) is 0 Å². The van der Waals surface area contributed by atoms with Gasteiger partial charge in [-0.05, 0) is 41.7 Å². The van der Waals surface area contributed by atoms with E-state index in [-0.39, 0.29) is 27.8 Å². The number of hydrogen-bond acceptors (Lipinski definition) is 6. The van der Waals surface area contributed by atoms with Crippen molar-refractivity contribution in [1.82, 2.24) is 25.3 Å². The molecule has 0 bridgehead atoms. The number of benzene rings is 1. The van der Waals surface area contributed by atoms with Gasteiger partial charge in [0, 0.05) is 30.0 Å². The summed E-state index contributed by atoms with van der Waals surface area (Å²) in [6.45, 7) is 0.282. The summed E-state index contributed by atoms with van der Waals surface area (Å²) in [6.07, 6.45) is -1.69. The van der Waals surface area contributed by atoms with Crippen LogP contribution in [0.3, 0.4) is 0 Å². The van der Waals surface area contributed by atoms with E-state index in [0.717, 1.165) is 23.4 Å². The third-order valence-corrected chi connectivity index (χ3v) is 4.78. The highest BCUT2D eigenvalue weighted by Crippen LogP contribution is 2.32. The number of nitrogens with zero attached hydrogens (tertiary/aromatic N) is 4. The molecule has 0 aliphatic rings. The molecular formula is C17H12ClF3N6S2. The van der Waals surface area contributed by atoms with Crippen molar-refractivity contribution in [3.05, 3.63) is 65.1 Å². The first-order valence-electron chi connectivity index (χ1n) is 8.00.